The van der Waals surface area contributed by atoms with Crippen LogP contribution >= 0.6 is 15.9 Å². The maximum Gasteiger partial charge on any atom is 0.277 e. The third-order valence-electron chi connectivity index (χ3n) is 3.33. The molecule has 0 bridgehead atoms. The fraction of sp³-hybridized carbons (Fsp3) is 0.188. The summed E-state index contributed by atoms with van der Waals surface area (Å²) in [5.74, 6) is -0.261. The van der Waals surface area contributed by atoms with E-state index in [0.29, 0.717) is 28.9 Å². The van der Waals surface area contributed by atoms with Crippen LogP contribution in [0.2, 0.25) is 0 Å². The van der Waals surface area contributed by atoms with Crippen LogP contribution in [0, 0.1) is 0 Å². The van der Waals surface area contributed by atoms with Gasteiger partial charge in [0.1, 0.15) is 0 Å². The van der Waals surface area contributed by atoms with E-state index < -0.39 is 0 Å². The molecule has 1 aromatic carbocycles. The SMILES string of the molecule is CCn1cc(Br)c(C(=O)Nc2cnn(Cc3ccccc3)c2)n1. The minimum atomic E-state index is -0.261. The number of nitrogens with zero attached hydrogens (tertiary/aromatic N) is 4. The lowest BCUT2D eigenvalue weighted by Crippen LogP contribution is -2.13. The van der Waals surface area contributed by atoms with E-state index in [1.165, 1.54) is 0 Å². The summed E-state index contributed by atoms with van der Waals surface area (Å²) in [6.45, 7) is 3.33. The van der Waals surface area contributed by atoms with Crippen molar-refractivity contribution in [1.29, 1.82) is 0 Å². The number of halogens is 1. The second kappa shape index (κ2) is 6.78. The molecular formula is C16H16BrN5O. The first-order chi connectivity index (χ1) is 11.2. The summed E-state index contributed by atoms with van der Waals surface area (Å²) in [5.41, 5.74) is 2.16. The number of aryl methyl sites for hydroxylation is 1. The minimum Gasteiger partial charge on any atom is -0.318 e. The monoisotopic (exact) mass is 373 g/mol. The van der Waals surface area contributed by atoms with Gasteiger partial charge in [0.2, 0.25) is 0 Å². The molecule has 0 atom stereocenters. The van der Waals surface area contributed by atoms with Crippen molar-refractivity contribution < 1.29 is 4.79 Å². The molecule has 0 fully saturated rings. The van der Waals surface area contributed by atoms with Crippen molar-refractivity contribution in [3.05, 3.63) is 64.7 Å². The van der Waals surface area contributed by atoms with Gasteiger partial charge in [0.15, 0.2) is 5.69 Å². The highest BCUT2D eigenvalue weighted by Crippen LogP contribution is 2.17. The molecule has 0 aliphatic rings. The number of amides is 1. The van der Waals surface area contributed by atoms with Crippen LogP contribution in [0.25, 0.3) is 0 Å². The highest BCUT2D eigenvalue weighted by atomic mass is 79.9. The maximum absolute atomic E-state index is 12.3. The van der Waals surface area contributed by atoms with Gasteiger partial charge in [0, 0.05) is 18.9 Å². The fourth-order valence-electron chi connectivity index (χ4n) is 2.19. The van der Waals surface area contributed by atoms with Crippen LogP contribution in [-0.4, -0.2) is 25.5 Å². The molecule has 0 aliphatic heterocycles. The van der Waals surface area contributed by atoms with Crippen LogP contribution in [0.4, 0.5) is 5.69 Å². The second-order valence-electron chi connectivity index (χ2n) is 5.05. The van der Waals surface area contributed by atoms with Crippen molar-refractivity contribution in [1.82, 2.24) is 19.6 Å². The highest BCUT2D eigenvalue weighted by Gasteiger charge is 2.15. The minimum absolute atomic E-state index is 0.261. The lowest BCUT2D eigenvalue weighted by atomic mass is 10.2. The summed E-state index contributed by atoms with van der Waals surface area (Å²) in [5, 5.41) is 11.3. The normalized spacial score (nSPS) is 10.7. The van der Waals surface area contributed by atoms with E-state index in [1.54, 1.807) is 28.0 Å². The highest BCUT2D eigenvalue weighted by molar-refractivity contribution is 9.10. The molecule has 3 aromatic rings. The molecule has 0 radical (unpaired) electrons. The Morgan fingerprint density at radius 1 is 1.22 bits per heavy atom. The summed E-state index contributed by atoms with van der Waals surface area (Å²) >= 11 is 3.36. The van der Waals surface area contributed by atoms with Crippen molar-refractivity contribution >= 4 is 27.5 Å². The molecule has 7 heteroatoms. The molecule has 118 valence electrons. The number of carbonyl (C=O) groups is 1. The maximum atomic E-state index is 12.3. The lowest BCUT2D eigenvalue weighted by Gasteiger charge is -2.01. The molecule has 0 aliphatic carbocycles. The van der Waals surface area contributed by atoms with E-state index in [1.807, 2.05) is 37.3 Å². The summed E-state index contributed by atoms with van der Waals surface area (Å²) in [6.07, 6.45) is 5.22. The Balaban J connectivity index is 1.68. The predicted molar refractivity (Wildman–Crippen MR) is 91.3 cm³/mol. The summed E-state index contributed by atoms with van der Waals surface area (Å²) in [7, 11) is 0. The predicted octanol–water partition coefficient (Wildman–Crippen LogP) is 3.16. The van der Waals surface area contributed by atoms with Crippen LogP contribution in [0.1, 0.15) is 23.0 Å². The number of benzene rings is 1. The van der Waals surface area contributed by atoms with Gasteiger partial charge in [-0.2, -0.15) is 10.2 Å². The molecule has 1 amide bonds. The Morgan fingerprint density at radius 3 is 2.70 bits per heavy atom. The van der Waals surface area contributed by atoms with Crippen molar-refractivity contribution in [2.75, 3.05) is 5.32 Å². The molecule has 6 nitrogen and oxygen atoms in total. The zero-order valence-corrected chi connectivity index (χ0v) is 14.2. The van der Waals surface area contributed by atoms with E-state index in [0.717, 1.165) is 5.56 Å². The Hall–Kier alpha value is -2.41. The first kappa shape index (κ1) is 15.5. The van der Waals surface area contributed by atoms with E-state index in [9.17, 15) is 4.79 Å². The number of carbonyl (C=O) groups excluding carboxylic acids is 1. The van der Waals surface area contributed by atoms with Gasteiger partial charge in [-0.15, -0.1) is 0 Å². The van der Waals surface area contributed by atoms with Crippen molar-refractivity contribution in [2.24, 2.45) is 0 Å². The number of anilines is 1. The molecule has 0 spiro atoms. The first-order valence-corrected chi connectivity index (χ1v) is 8.05. The van der Waals surface area contributed by atoms with Gasteiger partial charge in [0.25, 0.3) is 5.91 Å². The molecule has 0 unspecified atom stereocenters. The standard InChI is InChI=1S/C16H16BrN5O/c1-2-21-11-14(17)15(20-21)16(23)19-13-8-18-22(10-13)9-12-6-4-3-5-7-12/h3-8,10-11H,2,9H2,1H3,(H,19,23). The molecule has 1 N–H and O–H groups in total. The van der Waals surface area contributed by atoms with E-state index >= 15 is 0 Å². The Kier molecular flexibility index (Phi) is 4.57. The summed E-state index contributed by atoms with van der Waals surface area (Å²) < 4.78 is 4.16. The van der Waals surface area contributed by atoms with Gasteiger partial charge in [-0.3, -0.25) is 14.2 Å². The zero-order chi connectivity index (χ0) is 16.2. The average molecular weight is 374 g/mol. The number of aromatic nitrogens is 4. The third kappa shape index (κ3) is 3.68. The Labute approximate surface area is 142 Å². The van der Waals surface area contributed by atoms with Gasteiger partial charge >= 0.3 is 0 Å². The van der Waals surface area contributed by atoms with Crippen LogP contribution in [0.15, 0.2) is 53.4 Å². The first-order valence-electron chi connectivity index (χ1n) is 7.26. The van der Waals surface area contributed by atoms with Gasteiger partial charge in [-0.25, -0.2) is 0 Å². The van der Waals surface area contributed by atoms with E-state index in [-0.39, 0.29) is 5.91 Å². The molecule has 23 heavy (non-hydrogen) atoms. The quantitative estimate of drug-likeness (QED) is 0.746. The topological polar surface area (TPSA) is 64.7 Å². The number of hydrogen-bond acceptors (Lipinski definition) is 3. The molecular weight excluding hydrogens is 358 g/mol. The molecule has 0 saturated carbocycles. The fourth-order valence-corrected chi connectivity index (χ4v) is 2.68. The largest absolute Gasteiger partial charge is 0.318 e. The third-order valence-corrected chi connectivity index (χ3v) is 3.91. The van der Waals surface area contributed by atoms with Gasteiger partial charge in [0.05, 0.1) is 22.9 Å². The summed E-state index contributed by atoms with van der Waals surface area (Å²) in [6, 6.07) is 10.0. The van der Waals surface area contributed by atoms with Crippen molar-refractivity contribution in [3.63, 3.8) is 0 Å². The zero-order valence-electron chi connectivity index (χ0n) is 12.6. The van der Waals surface area contributed by atoms with Gasteiger partial charge in [-0.05, 0) is 28.4 Å². The smallest absolute Gasteiger partial charge is 0.277 e. The Bertz CT molecular complexity index is 809. The lowest BCUT2D eigenvalue weighted by molar-refractivity contribution is 0.102. The molecule has 2 heterocycles. The van der Waals surface area contributed by atoms with Crippen LogP contribution in [0.3, 0.4) is 0 Å². The van der Waals surface area contributed by atoms with Crippen LogP contribution in [0.5, 0.6) is 0 Å². The average Bonchev–Trinajstić information content (AvgIpc) is 3.14. The second-order valence-corrected chi connectivity index (χ2v) is 5.90. The number of nitrogens with one attached hydrogen (secondary N) is 1. The van der Waals surface area contributed by atoms with Crippen molar-refractivity contribution in [2.45, 2.75) is 20.0 Å². The van der Waals surface area contributed by atoms with Gasteiger partial charge < -0.3 is 5.32 Å². The van der Waals surface area contributed by atoms with E-state index in [4.69, 9.17) is 0 Å². The van der Waals surface area contributed by atoms with Crippen molar-refractivity contribution in [3.8, 4) is 0 Å². The van der Waals surface area contributed by atoms with E-state index in [2.05, 4.69) is 31.4 Å². The van der Waals surface area contributed by atoms with Crippen LogP contribution < -0.4 is 5.32 Å². The molecule has 0 saturated heterocycles. The Morgan fingerprint density at radius 2 is 2.00 bits per heavy atom. The molecule has 3 rings (SSSR count). The van der Waals surface area contributed by atoms with Gasteiger partial charge in [-0.1, -0.05) is 30.3 Å². The number of rotatable bonds is 5. The van der Waals surface area contributed by atoms with Crippen LogP contribution in [-0.2, 0) is 13.1 Å². The molecule has 2 aromatic heterocycles. The summed E-state index contributed by atoms with van der Waals surface area (Å²) in [4.78, 5) is 12.3. The number of hydrogen-bond donors (Lipinski definition) is 1.